The van der Waals surface area contributed by atoms with E-state index in [0.717, 1.165) is 31.1 Å². The molecule has 0 amide bonds. The van der Waals surface area contributed by atoms with Gasteiger partial charge in [0.15, 0.2) is 0 Å². The van der Waals surface area contributed by atoms with Crippen molar-refractivity contribution in [1.29, 1.82) is 0 Å². The van der Waals surface area contributed by atoms with Crippen molar-refractivity contribution < 1.29 is 9.53 Å². The summed E-state index contributed by atoms with van der Waals surface area (Å²) in [5.41, 5.74) is 0.0372. The monoisotopic (exact) mass is 446 g/mol. The fourth-order valence-electron chi connectivity index (χ4n) is 7.89. The van der Waals surface area contributed by atoms with Gasteiger partial charge in [0.1, 0.15) is 0 Å². The second-order valence-electron chi connectivity index (χ2n) is 11.8. The molecule has 0 aliphatic heterocycles. The van der Waals surface area contributed by atoms with Gasteiger partial charge in [-0.05, 0) is 68.6 Å². The lowest BCUT2D eigenvalue weighted by Crippen LogP contribution is -2.52. The number of unbranched alkanes of at least 4 members (excludes halogenated alkanes) is 5. The number of ether oxygens (including phenoxy) is 1. The Balaban J connectivity index is 1.72. The molecule has 0 N–H and O–H groups in total. The van der Waals surface area contributed by atoms with Crippen molar-refractivity contribution in [3.05, 3.63) is 0 Å². The van der Waals surface area contributed by atoms with E-state index in [2.05, 4.69) is 13.8 Å². The average molecular weight is 447 g/mol. The highest BCUT2D eigenvalue weighted by Gasteiger charge is 2.57. The van der Waals surface area contributed by atoms with Crippen LogP contribution < -0.4 is 0 Å². The van der Waals surface area contributed by atoms with E-state index < -0.39 is 0 Å². The minimum atomic E-state index is -0.179. The molecule has 2 heteroatoms. The second kappa shape index (κ2) is 13.4. The van der Waals surface area contributed by atoms with E-state index in [0.29, 0.717) is 6.61 Å². The predicted octanol–water partition coefficient (Wildman–Crippen LogP) is 9.40. The Morgan fingerprint density at radius 2 is 1.28 bits per heavy atom. The quantitative estimate of drug-likeness (QED) is 0.220. The summed E-state index contributed by atoms with van der Waals surface area (Å²) in [7, 11) is 0. The number of hydrogen-bond acceptors (Lipinski definition) is 2. The standard InChI is InChI=1S/C30H54O2/c1-3-5-7-15-25-32-28(31)30(21-13-9-14-22-30)29(20-12-6-4-2)23-18-27(19-24-29)26-16-10-8-11-17-26/h26-27H,3-25H2,1-2H3. The van der Waals surface area contributed by atoms with Crippen LogP contribution in [0.4, 0.5) is 0 Å². The molecule has 0 radical (unpaired) electrons. The van der Waals surface area contributed by atoms with E-state index in [1.54, 1.807) is 0 Å². The van der Waals surface area contributed by atoms with Crippen LogP contribution in [0, 0.1) is 22.7 Å². The lowest BCUT2D eigenvalue weighted by Gasteiger charge is -2.55. The molecule has 0 bridgehead atoms. The highest BCUT2D eigenvalue weighted by molar-refractivity contribution is 5.78. The zero-order chi connectivity index (χ0) is 22.7. The Morgan fingerprint density at radius 3 is 1.94 bits per heavy atom. The molecule has 0 aromatic carbocycles. The van der Waals surface area contributed by atoms with Crippen molar-refractivity contribution in [3.8, 4) is 0 Å². The van der Waals surface area contributed by atoms with Gasteiger partial charge in [-0.1, -0.05) is 104 Å². The fourth-order valence-corrected chi connectivity index (χ4v) is 7.89. The van der Waals surface area contributed by atoms with Crippen molar-refractivity contribution in [2.75, 3.05) is 6.61 Å². The van der Waals surface area contributed by atoms with Crippen LogP contribution >= 0.6 is 0 Å². The molecular weight excluding hydrogens is 392 g/mol. The molecule has 0 heterocycles. The van der Waals surface area contributed by atoms with Gasteiger partial charge in [0.05, 0.1) is 12.0 Å². The highest BCUT2D eigenvalue weighted by Crippen LogP contribution is 2.61. The van der Waals surface area contributed by atoms with Crippen LogP contribution in [0.5, 0.6) is 0 Å². The Kier molecular flexibility index (Phi) is 10.9. The molecule has 3 rings (SSSR count). The molecule has 0 aromatic heterocycles. The minimum Gasteiger partial charge on any atom is -0.465 e. The summed E-state index contributed by atoms with van der Waals surface area (Å²) in [4.78, 5) is 13.9. The van der Waals surface area contributed by atoms with Gasteiger partial charge in [0, 0.05) is 0 Å². The van der Waals surface area contributed by atoms with Crippen LogP contribution in [0.25, 0.3) is 0 Å². The second-order valence-corrected chi connectivity index (χ2v) is 11.8. The van der Waals surface area contributed by atoms with Gasteiger partial charge in [-0.15, -0.1) is 0 Å². The molecule has 3 fully saturated rings. The molecule has 0 saturated heterocycles. The maximum Gasteiger partial charge on any atom is 0.312 e. The maximum atomic E-state index is 13.9. The van der Waals surface area contributed by atoms with Crippen LogP contribution in [0.1, 0.15) is 155 Å². The van der Waals surface area contributed by atoms with E-state index >= 15 is 0 Å². The molecule has 32 heavy (non-hydrogen) atoms. The van der Waals surface area contributed by atoms with Gasteiger partial charge < -0.3 is 4.74 Å². The Morgan fingerprint density at radius 1 is 0.688 bits per heavy atom. The normalized spacial score (nSPS) is 29.0. The van der Waals surface area contributed by atoms with E-state index in [1.807, 2.05) is 0 Å². The number of rotatable bonds is 12. The predicted molar refractivity (Wildman–Crippen MR) is 136 cm³/mol. The Bertz CT molecular complexity index is 519. The van der Waals surface area contributed by atoms with E-state index in [1.165, 1.54) is 122 Å². The summed E-state index contributed by atoms with van der Waals surface area (Å²) in [6.07, 6.45) is 28.5. The third-order valence-corrected chi connectivity index (χ3v) is 9.91. The molecule has 3 aliphatic carbocycles. The van der Waals surface area contributed by atoms with E-state index in [-0.39, 0.29) is 16.8 Å². The molecule has 0 atom stereocenters. The molecule has 3 aliphatic rings. The third-order valence-electron chi connectivity index (χ3n) is 9.91. The molecule has 0 unspecified atom stereocenters. The van der Waals surface area contributed by atoms with Gasteiger partial charge in [0.2, 0.25) is 0 Å². The third kappa shape index (κ3) is 6.32. The first kappa shape index (κ1) is 26.1. The van der Waals surface area contributed by atoms with Gasteiger partial charge in [-0.25, -0.2) is 0 Å². The van der Waals surface area contributed by atoms with Crippen LogP contribution in [-0.2, 0) is 9.53 Å². The van der Waals surface area contributed by atoms with Crippen molar-refractivity contribution in [3.63, 3.8) is 0 Å². The van der Waals surface area contributed by atoms with Crippen LogP contribution in [0.15, 0.2) is 0 Å². The summed E-state index contributed by atoms with van der Waals surface area (Å²) in [5.74, 6) is 2.12. The van der Waals surface area contributed by atoms with Crippen molar-refractivity contribution in [2.45, 2.75) is 155 Å². The van der Waals surface area contributed by atoms with Crippen molar-refractivity contribution in [1.82, 2.24) is 0 Å². The summed E-state index contributed by atoms with van der Waals surface area (Å²) < 4.78 is 6.12. The lowest BCUT2D eigenvalue weighted by molar-refractivity contribution is -0.175. The first-order chi connectivity index (χ1) is 15.7. The molecule has 186 valence electrons. The molecule has 0 spiro atoms. The van der Waals surface area contributed by atoms with E-state index in [4.69, 9.17) is 4.74 Å². The van der Waals surface area contributed by atoms with Gasteiger partial charge in [0.25, 0.3) is 0 Å². The number of carbonyl (C=O) groups excluding carboxylic acids is 1. The topological polar surface area (TPSA) is 26.3 Å². The summed E-state index contributed by atoms with van der Waals surface area (Å²) in [5, 5.41) is 0. The molecular formula is C30H54O2. The lowest BCUT2D eigenvalue weighted by atomic mass is 9.49. The number of esters is 1. The smallest absolute Gasteiger partial charge is 0.312 e. The first-order valence-electron chi connectivity index (χ1n) is 14.8. The number of hydrogen-bond donors (Lipinski definition) is 0. The maximum absolute atomic E-state index is 13.9. The zero-order valence-corrected chi connectivity index (χ0v) is 21.7. The van der Waals surface area contributed by atoms with Crippen LogP contribution in [0.2, 0.25) is 0 Å². The van der Waals surface area contributed by atoms with Crippen molar-refractivity contribution in [2.24, 2.45) is 22.7 Å². The SMILES string of the molecule is CCCCCCOC(=O)C1(C2(CCCCC)CCC(C3CCCCC3)CC2)CCCCC1. The molecule has 3 saturated carbocycles. The Labute approximate surface area is 200 Å². The molecule has 2 nitrogen and oxygen atoms in total. The van der Waals surface area contributed by atoms with Gasteiger partial charge in [-0.2, -0.15) is 0 Å². The minimum absolute atomic E-state index is 0.179. The summed E-state index contributed by atoms with van der Waals surface area (Å²) in [6, 6.07) is 0. The van der Waals surface area contributed by atoms with E-state index in [9.17, 15) is 4.79 Å². The average Bonchev–Trinajstić information content (AvgIpc) is 2.85. The fraction of sp³-hybridized carbons (Fsp3) is 0.967. The first-order valence-corrected chi connectivity index (χ1v) is 14.8. The Hall–Kier alpha value is -0.530. The van der Waals surface area contributed by atoms with Crippen molar-refractivity contribution >= 4 is 5.97 Å². The summed E-state index contributed by atoms with van der Waals surface area (Å²) in [6.45, 7) is 5.21. The van der Waals surface area contributed by atoms with Gasteiger partial charge >= 0.3 is 5.97 Å². The van der Waals surface area contributed by atoms with Crippen LogP contribution in [0.3, 0.4) is 0 Å². The zero-order valence-electron chi connectivity index (χ0n) is 21.7. The molecule has 0 aromatic rings. The highest BCUT2D eigenvalue weighted by atomic mass is 16.5. The largest absolute Gasteiger partial charge is 0.465 e. The van der Waals surface area contributed by atoms with Crippen LogP contribution in [-0.4, -0.2) is 12.6 Å². The van der Waals surface area contributed by atoms with Gasteiger partial charge in [-0.3, -0.25) is 4.79 Å². The number of carbonyl (C=O) groups is 1. The summed E-state index contributed by atoms with van der Waals surface area (Å²) >= 11 is 0.